The Morgan fingerprint density at radius 2 is 1.81 bits per heavy atom. The van der Waals surface area contributed by atoms with Crippen molar-refractivity contribution in [3.05, 3.63) is 88.5 Å². The maximum Gasteiger partial charge on any atom is 0.253 e. The van der Waals surface area contributed by atoms with Gasteiger partial charge in [-0.2, -0.15) is 0 Å². The third-order valence-corrected chi connectivity index (χ3v) is 4.00. The number of carbonyl (C=O) groups excluding carboxylic acids is 1. The SMILES string of the molecule is O=C(Cc1ccccc1F)NCCn1cnc(-c2ccc(F)cc2)cc1=O. The molecule has 2 aromatic carbocycles. The lowest BCUT2D eigenvalue weighted by molar-refractivity contribution is -0.120. The van der Waals surface area contributed by atoms with Crippen molar-refractivity contribution in [3.8, 4) is 11.3 Å². The molecular formula is C20H17F2N3O2. The summed E-state index contributed by atoms with van der Waals surface area (Å²) in [6, 6.07) is 13.1. The molecule has 27 heavy (non-hydrogen) atoms. The predicted molar refractivity (Wildman–Crippen MR) is 97.0 cm³/mol. The van der Waals surface area contributed by atoms with Crippen molar-refractivity contribution >= 4 is 5.91 Å². The number of aromatic nitrogens is 2. The van der Waals surface area contributed by atoms with E-state index >= 15 is 0 Å². The van der Waals surface area contributed by atoms with Crippen molar-refractivity contribution in [2.45, 2.75) is 13.0 Å². The minimum absolute atomic E-state index is 0.0661. The molecule has 1 heterocycles. The first-order valence-corrected chi connectivity index (χ1v) is 8.35. The molecular weight excluding hydrogens is 352 g/mol. The molecule has 0 spiro atoms. The second-order valence-electron chi connectivity index (χ2n) is 5.93. The number of carbonyl (C=O) groups is 1. The number of benzene rings is 2. The summed E-state index contributed by atoms with van der Waals surface area (Å²) in [5, 5.41) is 2.65. The Hall–Kier alpha value is -3.35. The third-order valence-electron chi connectivity index (χ3n) is 4.00. The zero-order valence-corrected chi connectivity index (χ0v) is 14.4. The Balaban J connectivity index is 1.57. The third kappa shape index (κ3) is 4.84. The van der Waals surface area contributed by atoms with Crippen molar-refractivity contribution in [3.63, 3.8) is 0 Å². The monoisotopic (exact) mass is 369 g/mol. The fourth-order valence-electron chi connectivity index (χ4n) is 2.57. The normalized spacial score (nSPS) is 10.6. The van der Waals surface area contributed by atoms with Crippen LogP contribution in [0.1, 0.15) is 5.56 Å². The molecule has 0 aliphatic carbocycles. The molecule has 3 aromatic rings. The summed E-state index contributed by atoms with van der Waals surface area (Å²) in [6.07, 6.45) is 1.31. The van der Waals surface area contributed by atoms with E-state index in [1.54, 1.807) is 30.3 Å². The second-order valence-corrected chi connectivity index (χ2v) is 5.93. The van der Waals surface area contributed by atoms with Crippen LogP contribution in [-0.2, 0) is 17.8 Å². The smallest absolute Gasteiger partial charge is 0.253 e. The van der Waals surface area contributed by atoms with Crippen molar-refractivity contribution in [2.24, 2.45) is 0 Å². The lowest BCUT2D eigenvalue weighted by atomic mass is 10.1. The van der Waals surface area contributed by atoms with Gasteiger partial charge in [-0.15, -0.1) is 0 Å². The van der Waals surface area contributed by atoms with E-state index in [1.165, 1.54) is 35.2 Å². The lowest BCUT2D eigenvalue weighted by Gasteiger charge is -2.09. The Kier molecular flexibility index (Phi) is 5.71. The van der Waals surface area contributed by atoms with Crippen LogP contribution in [0, 0.1) is 11.6 Å². The molecule has 0 atom stereocenters. The van der Waals surface area contributed by atoms with Gasteiger partial charge in [0.05, 0.1) is 18.4 Å². The molecule has 1 N–H and O–H groups in total. The minimum atomic E-state index is -0.426. The summed E-state index contributed by atoms with van der Waals surface area (Å²) in [5.41, 5.74) is 1.11. The van der Waals surface area contributed by atoms with E-state index < -0.39 is 5.82 Å². The van der Waals surface area contributed by atoms with Crippen LogP contribution in [0.4, 0.5) is 8.78 Å². The Morgan fingerprint density at radius 3 is 2.52 bits per heavy atom. The van der Waals surface area contributed by atoms with Crippen molar-refractivity contribution in [1.29, 1.82) is 0 Å². The van der Waals surface area contributed by atoms with E-state index in [-0.39, 0.29) is 36.8 Å². The molecule has 0 radical (unpaired) electrons. The zero-order valence-electron chi connectivity index (χ0n) is 14.4. The highest BCUT2D eigenvalue weighted by Gasteiger charge is 2.08. The van der Waals surface area contributed by atoms with Gasteiger partial charge in [-0.1, -0.05) is 18.2 Å². The quantitative estimate of drug-likeness (QED) is 0.726. The van der Waals surface area contributed by atoms with E-state index in [0.717, 1.165) is 0 Å². The van der Waals surface area contributed by atoms with Crippen LogP contribution in [-0.4, -0.2) is 22.0 Å². The fraction of sp³-hybridized carbons (Fsp3) is 0.150. The summed E-state index contributed by atoms with van der Waals surface area (Å²) in [5.74, 6) is -1.12. The summed E-state index contributed by atoms with van der Waals surface area (Å²) >= 11 is 0. The van der Waals surface area contributed by atoms with Crippen molar-refractivity contribution < 1.29 is 13.6 Å². The van der Waals surface area contributed by atoms with Crippen LogP contribution in [0.15, 0.2) is 65.7 Å². The standard InChI is InChI=1S/C20H17F2N3O2/c21-16-7-5-14(6-8-16)18-12-20(27)25(13-24-18)10-9-23-19(26)11-15-3-1-2-4-17(15)22/h1-8,12-13H,9-11H2,(H,23,26). The largest absolute Gasteiger partial charge is 0.354 e. The summed E-state index contributed by atoms with van der Waals surface area (Å²) in [7, 11) is 0. The zero-order chi connectivity index (χ0) is 19.2. The Labute approximate surface area is 154 Å². The fourth-order valence-corrected chi connectivity index (χ4v) is 2.57. The van der Waals surface area contributed by atoms with Gasteiger partial charge in [-0.05, 0) is 35.9 Å². The van der Waals surface area contributed by atoms with Crippen LogP contribution < -0.4 is 10.9 Å². The van der Waals surface area contributed by atoms with Crippen LogP contribution in [0.3, 0.4) is 0 Å². The number of rotatable bonds is 6. The summed E-state index contributed by atoms with van der Waals surface area (Å²) in [6.45, 7) is 0.448. The molecule has 0 saturated heterocycles. The van der Waals surface area contributed by atoms with Crippen LogP contribution >= 0.6 is 0 Å². The molecule has 5 nitrogen and oxygen atoms in total. The van der Waals surface area contributed by atoms with Gasteiger partial charge in [0.2, 0.25) is 5.91 Å². The van der Waals surface area contributed by atoms with Crippen LogP contribution in [0.5, 0.6) is 0 Å². The van der Waals surface area contributed by atoms with Crippen molar-refractivity contribution in [1.82, 2.24) is 14.9 Å². The number of hydrogen-bond acceptors (Lipinski definition) is 3. The minimum Gasteiger partial charge on any atom is -0.354 e. The number of nitrogens with one attached hydrogen (secondary N) is 1. The van der Waals surface area contributed by atoms with E-state index in [9.17, 15) is 18.4 Å². The summed E-state index contributed by atoms with van der Waals surface area (Å²) in [4.78, 5) is 28.3. The van der Waals surface area contributed by atoms with Gasteiger partial charge in [0.15, 0.2) is 0 Å². The highest BCUT2D eigenvalue weighted by molar-refractivity contribution is 5.78. The van der Waals surface area contributed by atoms with Gasteiger partial charge in [0, 0.05) is 24.7 Å². The highest BCUT2D eigenvalue weighted by Crippen LogP contribution is 2.15. The number of hydrogen-bond donors (Lipinski definition) is 1. The maximum atomic E-state index is 13.5. The Bertz CT molecular complexity index is 1000. The van der Waals surface area contributed by atoms with Gasteiger partial charge in [0.25, 0.3) is 5.56 Å². The maximum absolute atomic E-state index is 13.5. The molecule has 0 saturated carbocycles. The van der Waals surface area contributed by atoms with Gasteiger partial charge in [-0.3, -0.25) is 14.2 Å². The van der Waals surface area contributed by atoms with Crippen molar-refractivity contribution in [2.75, 3.05) is 6.54 Å². The molecule has 0 aliphatic rings. The first-order valence-electron chi connectivity index (χ1n) is 8.35. The molecule has 0 bridgehead atoms. The van der Waals surface area contributed by atoms with Crippen LogP contribution in [0.25, 0.3) is 11.3 Å². The molecule has 0 aliphatic heterocycles. The highest BCUT2D eigenvalue weighted by atomic mass is 19.1. The van der Waals surface area contributed by atoms with Gasteiger partial charge in [0.1, 0.15) is 11.6 Å². The topological polar surface area (TPSA) is 64.0 Å². The van der Waals surface area contributed by atoms with E-state index in [4.69, 9.17) is 0 Å². The van der Waals surface area contributed by atoms with E-state index in [1.807, 2.05) is 0 Å². The predicted octanol–water partition coefficient (Wildman–Crippen LogP) is 2.55. The van der Waals surface area contributed by atoms with E-state index in [2.05, 4.69) is 10.3 Å². The number of halogens is 2. The average molecular weight is 369 g/mol. The first-order chi connectivity index (χ1) is 13.0. The molecule has 0 fully saturated rings. The van der Waals surface area contributed by atoms with E-state index in [0.29, 0.717) is 16.8 Å². The number of amides is 1. The molecule has 0 unspecified atom stereocenters. The Morgan fingerprint density at radius 1 is 1.07 bits per heavy atom. The first kappa shape index (κ1) is 18.4. The molecule has 1 amide bonds. The van der Waals surface area contributed by atoms with Gasteiger partial charge >= 0.3 is 0 Å². The van der Waals surface area contributed by atoms with Crippen LogP contribution in [0.2, 0.25) is 0 Å². The van der Waals surface area contributed by atoms with Gasteiger partial charge in [-0.25, -0.2) is 13.8 Å². The number of nitrogens with zero attached hydrogens (tertiary/aromatic N) is 2. The molecule has 3 rings (SSSR count). The lowest BCUT2D eigenvalue weighted by Crippen LogP contribution is -2.31. The average Bonchev–Trinajstić information content (AvgIpc) is 2.65. The molecule has 1 aromatic heterocycles. The molecule has 7 heteroatoms. The summed E-state index contributed by atoms with van der Waals surface area (Å²) < 4.78 is 27.9. The van der Waals surface area contributed by atoms with Gasteiger partial charge < -0.3 is 5.32 Å². The molecule has 138 valence electrons. The second kappa shape index (κ2) is 8.35.